The van der Waals surface area contributed by atoms with E-state index in [0.717, 1.165) is 30.2 Å². The van der Waals surface area contributed by atoms with Crippen molar-refractivity contribution in [3.8, 4) is 17.2 Å². The minimum absolute atomic E-state index is 0.309. The highest BCUT2D eigenvalue weighted by molar-refractivity contribution is 5.52. The van der Waals surface area contributed by atoms with Crippen LogP contribution in [0.2, 0.25) is 0 Å². The van der Waals surface area contributed by atoms with Gasteiger partial charge in [-0.2, -0.15) is 0 Å². The van der Waals surface area contributed by atoms with Crippen molar-refractivity contribution in [1.29, 1.82) is 0 Å². The van der Waals surface area contributed by atoms with Gasteiger partial charge in [-0.1, -0.05) is 6.42 Å². The van der Waals surface area contributed by atoms with Crippen molar-refractivity contribution in [2.75, 3.05) is 20.4 Å². The van der Waals surface area contributed by atoms with Crippen LogP contribution in [0.1, 0.15) is 24.8 Å². The third-order valence-electron chi connectivity index (χ3n) is 3.65. The van der Waals surface area contributed by atoms with E-state index in [1.165, 1.54) is 24.8 Å². The molecule has 1 N–H and O–H groups in total. The molecule has 2 heterocycles. The van der Waals surface area contributed by atoms with Gasteiger partial charge in [-0.05, 0) is 37.4 Å². The summed E-state index contributed by atoms with van der Waals surface area (Å²) < 4.78 is 16.2. The van der Waals surface area contributed by atoms with Gasteiger partial charge in [-0.15, -0.1) is 0 Å². The summed E-state index contributed by atoms with van der Waals surface area (Å²) in [4.78, 5) is 0. The Bertz CT molecular complexity index is 427. The zero-order chi connectivity index (χ0) is 12.4. The largest absolute Gasteiger partial charge is 0.496 e. The fraction of sp³-hybridized carbons (Fsp3) is 0.571. The van der Waals surface area contributed by atoms with Crippen LogP contribution in [0.15, 0.2) is 12.1 Å². The standard InChI is InChI=1S/C14H19NO3/c1-16-12-8-14-13(17-9-18-14)7-10(12)6-11-4-2-3-5-15-11/h7-8,11,15H,2-6,9H2,1H3. The molecule has 1 atom stereocenters. The maximum Gasteiger partial charge on any atom is 0.231 e. The number of ether oxygens (including phenoxy) is 3. The van der Waals surface area contributed by atoms with E-state index in [1.54, 1.807) is 7.11 Å². The molecule has 1 saturated heterocycles. The zero-order valence-corrected chi connectivity index (χ0v) is 10.7. The van der Waals surface area contributed by atoms with Gasteiger partial charge in [0, 0.05) is 12.1 Å². The Kier molecular flexibility index (Phi) is 3.28. The molecule has 1 unspecified atom stereocenters. The molecule has 2 aliphatic heterocycles. The summed E-state index contributed by atoms with van der Waals surface area (Å²) in [6.45, 7) is 1.43. The molecule has 0 aromatic heterocycles. The number of rotatable bonds is 3. The number of benzene rings is 1. The molecule has 0 saturated carbocycles. The second kappa shape index (κ2) is 5.06. The highest BCUT2D eigenvalue weighted by Gasteiger charge is 2.20. The van der Waals surface area contributed by atoms with E-state index in [4.69, 9.17) is 14.2 Å². The van der Waals surface area contributed by atoms with Gasteiger partial charge >= 0.3 is 0 Å². The number of hydrogen-bond acceptors (Lipinski definition) is 4. The summed E-state index contributed by atoms with van der Waals surface area (Å²) in [7, 11) is 1.70. The molecular weight excluding hydrogens is 230 g/mol. The molecule has 18 heavy (non-hydrogen) atoms. The van der Waals surface area contributed by atoms with Gasteiger partial charge in [-0.25, -0.2) is 0 Å². The van der Waals surface area contributed by atoms with Crippen molar-refractivity contribution in [1.82, 2.24) is 5.32 Å². The number of hydrogen-bond donors (Lipinski definition) is 1. The first kappa shape index (κ1) is 11.7. The van der Waals surface area contributed by atoms with Crippen molar-refractivity contribution >= 4 is 0 Å². The van der Waals surface area contributed by atoms with Crippen LogP contribution < -0.4 is 19.5 Å². The lowest BCUT2D eigenvalue weighted by Gasteiger charge is -2.24. The van der Waals surface area contributed by atoms with Crippen LogP contribution in [0.3, 0.4) is 0 Å². The molecular formula is C14H19NO3. The van der Waals surface area contributed by atoms with Gasteiger partial charge in [0.15, 0.2) is 11.5 Å². The molecule has 1 aromatic carbocycles. The quantitative estimate of drug-likeness (QED) is 0.890. The first-order valence-electron chi connectivity index (χ1n) is 6.56. The molecule has 1 aromatic rings. The molecule has 2 aliphatic rings. The minimum atomic E-state index is 0.309. The molecule has 0 aliphatic carbocycles. The van der Waals surface area contributed by atoms with Crippen molar-refractivity contribution in [2.45, 2.75) is 31.7 Å². The lowest BCUT2D eigenvalue weighted by atomic mass is 9.97. The maximum atomic E-state index is 5.45. The van der Waals surface area contributed by atoms with Crippen molar-refractivity contribution < 1.29 is 14.2 Å². The Balaban J connectivity index is 1.81. The molecule has 0 bridgehead atoms. The molecule has 3 rings (SSSR count). The summed E-state index contributed by atoms with van der Waals surface area (Å²) in [6, 6.07) is 4.53. The van der Waals surface area contributed by atoms with E-state index in [0.29, 0.717) is 12.8 Å². The summed E-state index contributed by atoms with van der Waals surface area (Å²) in [5.74, 6) is 2.51. The van der Waals surface area contributed by atoms with Gasteiger partial charge in [0.25, 0.3) is 0 Å². The molecule has 4 nitrogen and oxygen atoms in total. The highest BCUT2D eigenvalue weighted by atomic mass is 16.7. The third kappa shape index (κ3) is 2.25. The van der Waals surface area contributed by atoms with Crippen LogP contribution in [0, 0.1) is 0 Å². The average Bonchev–Trinajstić information content (AvgIpc) is 2.86. The summed E-state index contributed by atoms with van der Waals surface area (Å²) in [5.41, 5.74) is 1.20. The van der Waals surface area contributed by atoms with Crippen LogP contribution in [-0.4, -0.2) is 26.5 Å². The van der Waals surface area contributed by atoms with Gasteiger partial charge in [-0.3, -0.25) is 0 Å². The van der Waals surface area contributed by atoms with Crippen molar-refractivity contribution in [2.24, 2.45) is 0 Å². The lowest BCUT2D eigenvalue weighted by molar-refractivity contribution is 0.174. The van der Waals surface area contributed by atoms with Crippen molar-refractivity contribution in [3.05, 3.63) is 17.7 Å². The van der Waals surface area contributed by atoms with Crippen LogP contribution >= 0.6 is 0 Å². The third-order valence-corrected chi connectivity index (χ3v) is 3.65. The number of piperidine rings is 1. The monoisotopic (exact) mass is 249 g/mol. The lowest BCUT2D eigenvalue weighted by Crippen LogP contribution is -2.35. The van der Waals surface area contributed by atoms with Gasteiger partial charge in [0.05, 0.1) is 7.11 Å². The van der Waals surface area contributed by atoms with E-state index in [-0.39, 0.29) is 0 Å². The molecule has 0 amide bonds. The Hall–Kier alpha value is -1.42. The van der Waals surface area contributed by atoms with E-state index >= 15 is 0 Å². The van der Waals surface area contributed by atoms with Gasteiger partial charge in [0.2, 0.25) is 6.79 Å². The van der Waals surface area contributed by atoms with Crippen LogP contribution in [0.4, 0.5) is 0 Å². The first-order chi connectivity index (χ1) is 8.86. The molecule has 0 radical (unpaired) electrons. The normalized spacial score (nSPS) is 21.9. The second-order valence-electron chi connectivity index (χ2n) is 4.87. The average molecular weight is 249 g/mol. The fourth-order valence-corrected chi connectivity index (χ4v) is 2.68. The van der Waals surface area contributed by atoms with Gasteiger partial charge < -0.3 is 19.5 Å². The predicted octanol–water partition coefficient (Wildman–Crippen LogP) is 2.11. The fourth-order valence-electron chi connectivity index (χ4n) is 2.68. The summed E-state index contributed by atoms with van der Waals surface area (Å²) in [5, 5.41) is 3.56. The molecule has 0 spiro atoms. The SMILES string of the molecule is COc1cc2c(cc1CC1CCCCN1)OCO2. The van der Waals surface area contributed by atoms with Crippen LogP contribution in [0.25, 0.3) is 0 Å². The predicted molar refractivity (Wildman–Crippen MR) is 68.5 cm³/mol. The smallest absolute Gasteiger partial charge is 0.231 e. The number of fused-ring (bicyclic) bond motifs is 1. The van der Waals surface area contributed by atoms with Gasteiger partial charge in [0.1, 0.15) is 5.75 Å². The number of nitrogens with one attached hydrogen (secondary N) is 1. The molecule has 1 fully saturated rings. The van der Waals surface area contributed by atoms with Crippen LogP contribution in [-0.2, 0) is 6.42 Å². The Morgan fingerprint density at radius 1 is 1.28 bits per heavy atom. The highest BCUT2D eigenvalue weighted by Crippen LogP contribution is 2.38. The number of methoxy groups -OCH3 is 1. The summed E-state index contributed by atoms with van der Waals surface area (Å²) in [6.07, 6.45) is 4.82. The Labute approximate surface area is 107 Å². The Morgan fingerprint density at radius 3 is 2.83 bits per heavy atom. The van der Waals surface area contributed by atoms with E-state index < -0.39 is 0 Å². The first-order valence-corrected chi connectivity index (χ1v) is 6.56. The van der Waals surface area contributed by atoms with E-state index in [2.05, 4.69) is 11.4 Å². The van der Waals surface area contributed by atoms with E-state index in [1.807, 2.05) is 6.07 Å². The van der Waals surface area contributed by atoms with Crippen molar-refractivity contribution in [3.63, 3.8) is 0 Å². The summed E-state index contributed by atoms with van der Waals surface area (Å²) >= 11 is 0. The van der Waals surface area contributed by atoms with E-state index in [9.17, 15) is 0 Å². The minimum Gasteiger partial charge on any atom is -0.496 e. The second-order valence-corrected chi connectivity index (χ2v) is 4.87. The topological polar surface area (TPSA) is 39.7 Å². The molecule has 4 heteroatoms. The molecule has 98 valence electrons. The Morgan fingerprint density at radius 2 is 2.11 bits per heavy atom. The van der Waals surface area contributed by atoms with Crippen LogP contribution in [0.5, 0.6) is 17.2 Å². The zero-order valence-electron chi connectivity index (χ0n) is 10.7. The maximum absolute atomic E-state index is 5.45.